The quantitative estimate of drug-likeness (QED) is 0.484. The molecule has 0 N–H and O–H groups in total. The monoisotopic (exact) mass is 476 g/mol. The minimum atomic E-state index is -0.172. The Morgan fingerprint density at radius 2 is 1.91 bits per heavy atom. The average Bonchev–Trinajstić information content (AvgIpc) is 3.24. The highest BCUT2D eigenvalue weighted by Gasteiger charge is 2.33. The third-order valence-corrected chi connectivity index (χ3v) is 6.99. The van der Waals surface area contributed by atoms with Gasteiger partial charge >= 0.3 is 0 Å². The van der Waals surface area contributed by atoms with E-state index < -0.39 is 0 Å². The SMILES string of the molecule is CC(C)CCN(CC(=O)N1CCc2sccc2C1COc1ccc(Cl)cc1)C(=O)C(C)C. The van der Waals surface area contributed by atoms with Gasteiger partial charge in [0, 0.05) is 28.9 Å². The zero-order valence-corrected chi connectivity index (χ0v) is 20.9. The number of hydrogen-bond acceptors (Lipinski definition) is 4. The molecule has 1 aromatic heterocycles. The van der Waals surface area contributed by atoms with Gasteiger partial charge in [-0.05, 0) is 60.0 Å². The zero-order chi connectivity index (χ0) is 23.3. The van der Waals surface area contributed by atoms with Crippen molar-refractivity contribution in [2.75, 3.05) is 26.2 Å². The van der Waals surface area contributed by atoms with Crippen LogP contribution in [0.5, 0.6) is 5.75 Å². The van der Waals surface area contributed by atoms with E-state index in [0.29, 0.717) is 30.6 Å². The number of hydrogen-bond donors (Lipinski definition) is 0. The summed E-state index contributed by atoms with van der Waals surface area (Å²) in [5.41, 5.74) is 1.15. The molecular weight excluding hydrogens is 444 g/mol. The van der Waals surface area contributed by atoms with Gasteiger partial charge in [0.2, 0.25) is 11.8 Å². The van der Waals surface area contributed by atoms with Crippen LogP contribution < -0.4 is 4.74 Å². The van der Waals surface area contributed by atoms with E-state index in [1.807, 2.05) is 30.9 Å². The molecular formula is C25H33ClN2O3S. The molecule has 0 fully saturated rings. The number of nitrogens with zero attached hydrogens (tertiary/aromatic N) is 2. The van der Waals surface area contributed by atoms with Gasteiger partial charge < -0.3 is 14.5 Å². The van der Waals surface area contributed by atoms with Gasteiger partial charge in [-0.2, -0.15) is 0 Å². The van der Waals surface area contributed by atoms with Gasteiger partial charge in [0.15, 0.2) is 0 Å². The molecule has 2 heterocycles. The van der Waals surface area contributed by atoms with Crippen molar-refractivity contribution < 1.29 is 14.3 Å². The minimum Gasteiger partial charge on any atom is -0.491 e. The van der Waals surface area contributed by atoms with E-state index in [1.54, 1.807) is 28.4 Å². The summed E-state index contributed by atoms with van der Waals surface area (Å²) in [5, 5.41) is 2.73. The highest BCUT2D eigenvalue weighted by atomic mass is 35.5. The summed E-state index contributed by atoms with van der Waals surface area (Å²) < 4.78 is 6.05. The van der Waals surface area contributed by atoms with Crippen LogP contribution in [-0.2, 0) is 16.0 Å². The largest absolute Gasteiger partial charge is 0.491 e. The number of halogens is 1. The molecule has 1 unspecified atom stereocenters. The van der Waals surface area contributed by atoms with Crippen LogP contribution in [0.15, 0.2) is 35.7 Å². The number of carbonyl (C=O) groups is 2. The van der Waals surface area contributed by atoms with Gasteiger partial charge in [0.25, 0.3) is 0 Å². The summed E-state index contributed by atoms with van der Waals surface area (Å²) in [6.07, 6.45) is 1.71. The molecule has 1 atom stereocenters. The lowest BCUT2D eigenvalue weighted by Crippen LogP contribution is -2.48. The molecule has 1 aromatic carbocycles. The maximum Gasteiger partial charge on any atom is 0.242 e. The predicted molar refractivity (Wildman–Crippen MR) is 130 cm³/mol. The van der Waals surface area contributed by atoms with Crippen LogP contribution >= 0.6 is 22.9 Å². The molecule has 174 valence electrons. The molecule has 5 nitrogen and oxygen atoms in total. The van der Waals surface area contributed by atoms with Crippen molar-refractivity contribution in [3.63, 3.8) is 0 Å². The van der Waals surface area contributed by atoms with Crippen molar-refractivity contribution in [2.45, 2.75) is 46.6 Å². The zero-order valence-electron chi connectivity index (χ0n) is 19.3. The van der Waals surface area contributed by atoms with Crippen LogP contribution in [-0.4, -0.2) is 47.9 Å². The fraction of sp³-hybridized carbons (Fsp3) is 0.520. The van der Waals surface area contributed by atoms with Crippen molar-refractivity contribution in [1.29, 1.82) is 0 Å². The van der Waals surface area contributed by atoms with Crippen LogP contribution in [0.3, 0.4) is 0 Å². The number of ether oxygens (including phenoxy) is 1. The van der Waals surface area contributed by atoms with E-state index >= 15 is 0 Å². The van der Waals surface area contributed by atoms with Crippen LogP contribution in [0.1, 0.15) is 50.6 Å². The first-order valence-corrected chi connectivity index (χ1v) is 12.5. The number of amides is 2. The Balaban J connectivity index is 1.75. The second-order valence-electron chi connectivity index (χ2n) is 9.01. The van der Waals surface area contributed by atoms with Crippen molar-refractivity contribution >= 4 is 34.8 Å². The fourth-order valence-electron chi connectivity index (χ4n) is 3.88. The molecule has 7 heteroatoms. The molecule has 0 aliphatic carbocycles. The van der Waals surface area contributed by atoms with E-state index in [4.69, 9.17) is 16.3 Å². The Hall–Kier alpha value is -2.05. The predicted octanol–water partition coefficient (Wildman–Crippen LogP) is 5.44. The molecule has 2 aromatic rings. The Morgan fingerprint density at radius 1 is 1.19 bits per heavy atom. The Bertz CT molecular complexity index is 910. The van der Waals surface area contributed by atoms with Gasteiger partial charge in [-0.1, -0.05) is 39.3 Å². The summed E-state index contributed by atoms with van der Waals surface area (Å²) in [4.78, 5) is 31.1. The van der Waals surface area contributed by atoms with E-state index in [0.717, 1.165) is 24.2 Å². The van der Waals surface area contributed by atoms with Crippen molar-refractivity contribution in [3.8, 4) is 5.75 Å². The van der Waals surface area contributed by atoms with Gasteiger partial charge in [0.1, 0.15) is 12.4 Å². The second kappa shape index (κ2) is 11.2. The highest BCUT2D eigenvalue weighted by Crippen LogP contribution is 2.34. The number of carbonyl (C=O) groups excluding carboxylic acids is 2. The molecule has 0 saturated carbocycles. The summed E-state index contributed by atoms with van der Waals surface area (Å²) in [7, 11) is 0. The standard InChI is InChI=1S/C25H33ClN2O3S/c1-17(2)9-12-27(25(30)18(3)4)15-24(29)28-13-10-23-21(11-14-32-23)22(28)16-31-20-7-5-19(26)6-8-20/h5-8,11,14,17-18,22H,9-10,12-13,15-16H2,1-4H3. The number of fused-ring (bicyclic) bond motifs is 1. The summed E-state index contributed by atoms with van der Waals surface area (Å²) in [6, 6.07) is 9.17. The van der Waals surface area contributed by atoms with Crippen molar-refractivity contribution in [3.05, 3.63) is 51.2 Å². The van der Waals surface area contributed by atoms with Crippen molar-refractivity contribution in [1.82, 2.24) is 9.80 Å². The summed E-state index contributed by atoms with van der Waals surface area (Å²) in [6.45, 7) is 9.74. The molecule has 0 saturated heterocycles. The molecule has 1 aliphatic heterocycles. The van der Waals surface area contributed by atoms with Crippen molar-refractivity contribution in [2.24, 2.45) is 11.8 Å². The smallest absolute Gasteiger partial charge is 0.242 e. The van der Waals surface area contributed by atoms with Gasteiger partial charge in [-0.25, -0.2) is 0 Å². The minimum absolute atomic E-state index is 0.0238. The topological polar surface area (TPSA) is 49.9 Å². The van der Waals surface area contributed by atoms with Gasteiger partial charge in [0.05, 0.1) is 12.6 Å². The molecule has 0 radical (unpaired) electrons. The fourth-order valence-corrected chi connectivity index (χ4v) is 4.94. The highest BCUT2D eigenvalue weighted by molar-refractivity contribution is 7.10. The normalized spacial score (nSPS) is 15.7. The first kappa shape index (κ1) is 24.6. The van der Waals surface area contributed by atoms with Crippen LogP contribution in [0.2, 0.25) is 5.02 Å². The Labute approximate surface area is 200 Å². The number of thiophene rings is 1. The van der Waals surface area contributed by atoms with E-state index in [-0.39, 0.29) is 30.3 Å². The third-order valence-electron chi connectivity index (χ3n) is 5.74. The molecule has 32 heavy (non-hydrogen) atoms. The lowest BCUT2D eigenvalue weighted by molar-refractivity contribution is -0.144. The summed E-state index contributed by atoms with van der Waals surface area (Å²) >= 11 is 7.70. The maximum atomic E-state index is 13.4. The number of benzene rings is 1. The molecule has 1 aliphatic rings. The maximum absolute atomic E-state index is 13.4. The second-order valence-corrected chi connectivity index (χ2v) is 10.5. The molecule has 0 bridgehead atoms. The molecule has 2 amide bonds. The Morgan fingerprint density at radius 3 is 2.56 bits per heavy atom. The lowest BCUT2D eigenvalue weighted by Gasteiger charge is -2.37. The Kier molecular flexibility index (Phi) is 8.60. The molecule has 0 spiro atoms. The lowest BCUT2D eigenvalue weighted by atomic mass is 10.00. The van der Waals surface area contributed by atoms with Gasteiger partial charge in [-0.15, -0.1) is 11.3 Å². The van der Waals surface area contributed by atoms with Crippen LogP contribution in [0, 0.1) is 11.8 Å². The van der Waals surface area contributed by atoms with E-state index in [9.17, 15) is 9.59 Å². The average molecular weight is 477 g/mol. The molecule has 3 rings (SSSR count). The first-order chi connectivity index (χ1) is 15.3. The van der Waals surface area contributed by atoms with E-state index in [1.165, 1.54) is 4.88 Å². The first-order valence-electron chi connectivity index (χ1n) is 11.3. The number of rotatable bonds is 9. The van der Waals surface area contributed by atoms with Gasteiger partial charge in [-0.3, -0.25) is 9.59 Å². The third kappa shape index (κ3) is 6.26. The van der Waals surface area contributed by atoms with Crippen LogP contribution in [0.4, 0.5) is 0 Å². The summed E-state index contributed by atoms with van der Waals surface area (Å²) in [5.74, 6) is 1.06. The van der Waals surface area contributed by atoms with Crippen LogP contribution in [0.25, 0.3) is 0 Å². The van der Waals surface area contributed by atoms with E-state index in [2.05, 4.69) is 25.3 Å².